The minimum Gasteiger partial charge on any atom is -0.456 e. The summed E-state index contributed by atoms with van der Waals surface area (Å²) in [5, 5.41) is 8.56. The van der Waals surface area contributed by atoms with Crippen LogP contribution in [-0.2, 0) is 0 Å². The molecule has 0 aliphatic heterocycles. The first kappa shape index (κ1) is 25.2. The fourth-order valence-corrected chi connectivity index (χ4v) is 6.45. The van der Waals surface area contributed by atoms with Crippen molar-refractivity contribution in [2.24, 2.45) is 0 Å². The molecule has 1 aromatic heterocycles. The molecule has 1 nitrogen and oxygen atoms in total. The molecule has 0 unspecified atom stereocenters. The molecule has 7 aromatic carbocycles. The lowest BCUT2D eigenvalue weighted by Gasteiger charge is -2.25. The van der Waals surface area contributed by atoms with Crippen molar-refractivity contribution in [3.05, 3.63) is 103 Å². The first-order valence-electron chi connectivity index (χ1n) is 13.7. The van der Waals surface area contributed by atoms with Crippen LogP contribution in [0.15, 0.2) is 108 Å². The van der Waals surface area contributed by atoms with Crippen LogP contribution in [0.4, 0.5) is 0 Å². The lowest BCUT2D eigenvalue weighted by molar-refractivity contribution is 0.669. The summed E-state index contributed by atoms with van der Waals surface area (Å²) >= 11 is 0. The molecular formula is C36H17B5O. The molecule has 0 atom stereocenters. The van der Waals surface area contributed by atoms with E-state index >= 15 is 0 Å². The molecule has 182 valence electrons. The van der Waals surface area contributed by atoms with Crippen molar-refractivity contribution in [3.63, 3.8) is 0 Å². The Labute approximate surface area is 250 Å². The Balaban J connectivity index is 1.46. The van der Waals surface area contributed by atoms with Gasteiger partial charge in [0.25, 0.3) is 0 Å². The average Bonchev–Trinajstić information content (AvgIpc) is 3.37. The van der Waals surface area contributed by atoms with Gasteiger partial charge in [-0.15, -0.1) is 16.4 Å². The van der Waals surface area contributed by atoms with Crippen LogP contribution >= 0.6 is 0 Å². The van der Waals surface area contributed by atoms with E-state index in [1.807, 2.05) is 30.3 Å². The number of furan rings is 1. The Bertz CT molecular complexity index is 2340. The molecule has 0 saturated carbocycles. The Morgan fingerprint density at radius 2 is 0.833 bits per heavy atom. The van der Waals surface area contributed by atoms with Crippen LogP contribution in [0, 0.1) is 0 Å². The minimum atomic E-state index is 0.200. The molecule has 0 aliphatic carbocycles. The molecule has 8 aromatic rings. The van der Waals surface area contributed by atoms with Gasteiger partial charge in [0, 0.05) is 10.8 Å². The highest BCUT2D eigenvalue weighted by Gasteiger charge is 2.21. The number of hydrogen-bond acceptors (Lipinski definition) is 1. The number of hydrogen-bond donors (Lipinski definition) is 0. The predicted octanol–water partition coefficient (Wildman–Crippen LogP) is 4.35. The third kappa shape index (κ3) is 3.51. The Hall–Kier alpha value is -4.56. The van der Waals surface area contributed by atoms with Crippen LogP contribution in [0.5, 0.6) is 0 Å². The third-order valence-electron chi connectivity index (χ3n) is 8.51. The maximum Gasteiger partial charge on any atom is 0.136 e. The summed E-state index contributed by atoms with van der Waals surface area (Å²) < 4.78 is 6.44. The highest BCUT2D eigenvalue weighted by atomic mass is 16.3. The Morgan fingerprint density at radius 3 is 1.43 bits per heavy atom. The summed E-state index contributed by atoms with van der Waals surface area (Å²) in [4.78, 5) is 0. The van der Waals surface area contributed by atoms with Gasteiger partial charge in [-0.05, 0) is 78.8 Å². The van der Waals surface area contributed by atoms with Crippen LogP contribution in [0.25, 0.3) is 76.5 Å². The van der Waals surface area contributed by atoms with Gasteiger partial charge in [0.2, 0.25) is 0 Å². The van der Waals surface area contributed by atoms with Crippen LogP contribution < -0.4 is 27.3 Å². The number of rotatable bonds is 2. The van der Waals surface area contributed by atoms with Gasteiger partial charge in [-0.2, -0.15) is 0 Å². The lowest BCUT2D eigenvalue weighted by Crippen LogP contribution is -2.55. The molecule has 0 fully saturated rings. The maximum atomic E-state index is 6.60. The van der Waals surface area contributed by atoms with E-state index in [2.05, 4.69) is 72.8 Å². The largest absolute Gasteiger partial charge is 0.456 e. The van der Waals surface area contributed by atoms with Crippen molar-refractivity contribution in [2.75, 3.05) is 0 Å². The molecule has 0 bridgehead atoms. The first-order valence-corrected chi connectivity index (χ1v) is 13.7. The smallest absolute Gasteiger partial charge is 0.136 e. The maximum absolute atomic E-state index is 6.60. The molecule has 0 aliphatic rings. The normalized spacial score (nSPS) is 11.8. The van der Waals surface area contributed by atoms with Gasteiger partial charge in [0.1, 0.15) is 50.4 Å². The average molecular weight is 520 g/mol. The summed E-state index contributed by atoms with van der Waals surface area (Å²) in [6, 6.07) is 35.6. The predicted molar refractivity (Wildman–Crippen MR) is 184 cm³/mol. The number of fused-ring (bicyclic) bond motifs is 6. The molecule has 8 rings (SSSR count). The zero-order valence-electron chi connectivity index (χ0n) is 22.6. The van der Waals surface area contributed by atoms with Crippen LogP contribution in [0.3, 0.4) is 0 Å². The van der Waals surface area contributed by atoms with Gasteiger partial charge >= 0.3 is 0 Å². The Kier molecular flexibility index (Phi) is 5.53. The van der Waals surface area contributed by atoms with Gasteiger partial charge in [-0.25, -0.2) is 0 Å². The molecule has 0 N–H and O–H groups in total. The van der Waals surface area contributed by atoms with E-state index in [9.17, 15) is 0 Å². The van der Waals surface area contributed by atoms with E-state index in [0.29, 0.717) is 16.5 Å². The molecule has 0 amide bonds. The van der Waals surface area contributed by atoms with Gasteiger partial charge < -0.3 is 4.42 Å². The van der Waals surface area contributed by atoms with E-state index < -0.39 is 0 Å². The van der Waals surface area contributed by atoms with Crippen molar-refractivity contribution in [1.29, 1.82) is 0 Å². The molecule has 0 saturated heterocycles. The second-order valence-corrected chi connectivity index (χ2v) is 10.8. The summed E-state index contributed by atoms with van der Waals surface area (Å²) in [6.45, 7) is 0. The summed E-state index contributed by atoms with van der Waals surface area (Å²) in [5.41, 5.74) is 6.61. The second kappa shape index (κ2) is 9.23. The zero-order chi connectivity index (χ0) is 28.7. The summed E-state index contributed by atoms with van der Waals surface area (Å²) in [7, 11) is 32.0. The monoisotopic (exact) mass is 520 g/mol. The van der Waals surface area contributed by atoms with Gasteiger partial charge in [0.15, 0.2) is 0 Å². The van der Waals surface area contributed by atoms with E-state index in [-0.39, 0.29) is 16.4 Å². The molecule has 1 heterocycles. The van der Waals surface area contributed by atoms with E-state index in [4.69, 9.17) is 43.6 Å². The van der Waals surface area contributed by atoms with E-state index in [1.54, 1.807) is 0 Å². The van der Waals surface area contributed by atoms with Crippen molar-refractivity contribution in [3.8, 4) is 22.3 Å². The highest BCUT2D eigenvalue weighted by molar-refractivity contribution is 6.69. The fourth-order valence-electron chi connectivity index (χ4n) is 6.45. The molecule has 10 radical (unpaired) electrons. The standard InChI is InChI=1S/C36H17B5O/c37-32-31(33(38)35(40)36(41)34(32)39)30-24-11-5-3-9-22(24)29(23-10-4-6-12-25(23)30)20-13-14-21-26-15-18-7-1-2-8-19(18)16-28(26)42-27(21)17-20/h1-17H. The highest BCUT2D eigenvalue weighted by Crippen LogP contribution is 2.44. The molecular weight excluding hydrogens is 502 g/mol. The van der Waals surface area contributed by atoms with Gasteiger partial charge in [-0.1, -0.05) is 89.8 Å². The van der Waals surface area contributed by atoms with Crippen molar-refractivity contribution < 1.29 is 4.42 Å². The molecule has 6 heteroatoms. The first-order chi connectivity index (χ1) is 20.4. The van der Waals surface area contributed by atoms with E-state index in [0.717, 1.165) is 65.6 Å². The van der Waals surface area contributed by atoms with Crippen LogP contribution in [0.2, 0.25) is 0 Å². The van der Waals surface area contributed by atoms with Crippen LogP contribution in [0.1, 0.15) is 0 Å². The van der Waals surface area contributed by atoms with Crippen LogP contribution in [-0.4, -0.2) is 39.2 Å². The Morgan fingerprint density at radius 1 is 0.357 bits per heavy atom. The summed E-state index contributed by atoms with van der Waals surface area (Å²) in [5.74, 6) is 0. The van der Waals surface area contributed by atoms with Gasteiger partial charge in [-0.3, -0.25) is 0 Å². The van der Waals surface area contributed by atoms with Gasteiger partial charge in [0.05, 0.1) is 0 Å². The zero-order valence-corrected chi connectivity index (χ0v) is 22.6. The van der Waals surface area contributed by atoms with Crippen molar-refractivity contribution in [2.45, 2.75) is 0 Å². The fraction of sp³-hybridized carbons (Fsp3) is 0. The van der Waals surface area contributed by atoms with Crippen molar-refractivity contribution >= 4 is 121 Å². The lowest BCUT2D eigenvalue weighted by atomic mass is 9.59. The number of benzene rings is 7. The minimum absolute atomic E-state index is 0.200. The van der Waals surface area contributed by atoms with E-state index in [1.165, 1.54) is 5.39 Å². The summed E-state index contributed by atoms with van der Waals surface area (Å²) in [6.07, 6.45) is 0. The SMILES string of the molecule is [B]c1c([B])c([B])c(-c2c3ccccc3c(-c3ccc4c(c3)oc3cc5ccccc5cc34)c3ccccc23)c([B])c1[B]. The second-order valence-electron chi connectivity index (χ2n) is 10.8. The quantitative estimate of drug-likeness (QED) is 0.245. The third-order valence-corrected chi connectivity index (χ3v) is 8.51. The molecule has 42 heavy (non-hydrogen) atoms. The molecule has 0 spiro atoms. The topological polar surface area (TPSA) is 13.1 Å². The van der Waals surface area contributed by atoms with Crippen molar-refractivity contribution in [1.82, 2.24) is 0 Å².